The number of rotatable bonds is 11. The van der Waals surface area contributed by atoms with E-state index < -0.39 is 0 Å². The Kier molecular flexibility index (Phi) is 8.87. The van der Waals surface area contributed by atoms with Gasteiger partial charge < -0.3 is 15.0 Å². The van der Waals surface area contributed by atoms with Gasteiger partial charge in [-0.2, -0.15) is 0 Å². The van der Waals surface area contributed by atoms with Gasteiger partial charge >= 0.3 is 0 Å². The summed E-state index contributed by atoms with van der Waals surface area (Å²) in [4.78, 5) is 26.6. The zero-order valence-corrected chi connectivity index (χ0v) is 18.0. The first-order chi connectivity index (χ1) is 13.9. The Morgan fingerprint density at radius 2 is 1.66 bits per heavy atom. The van der Waals surface area contributed by atoms with Crippen LogP contribution in [0.2, 0.25) is 0 Å². The van der Waals surface area contributed by atoms with Crippen LogP contribution in [0, 0.1) is 6.92 Å². The molecule has 2 rings (SSSR count). The maximum Gasteiger partial charge on any atom is 0.224 e. The maximum atomic E-state index is 12.3. The molecule has 0 aliphatic rings. The zero-order chi connectivity index (χ0) is 21.2. The highest BCUT2D eigenvalue weighted by atomic mass is 16.5. The van der Waals surface area contributed by atoms with Crippen molar-refractivity contribution in [1.29, 1.82) is 0 Å². The number of aryl methyl sites for hydroxylation is 1. The summed E-state index contributed by atoms with van der Waals surface area (Å²) < 4.78 is 5.11. The number of ketones is 1. The summed E-state index contributed by atoms with van der Waals surface area (Å²) in [5.74, 6) is 0.898. The van der Waals surface area contributed by atoms with Gasteiger partial charge in [0.15, 0.2) is 5.78 Å². The number of nitrogens with one attached hydrogen (secondary N) is 1. The van der Waals surface area contributed by atoms with Gasteiger partial charge in [0.25, 0.3) is 0 Å². The minimum absolute atomic E-state index is 0.0235. The Labute approximate surface area is 174 Å². The first-order valence-corrected chi connectivity index (χ1v) is 10.1. The Hall–Kier alpha value is -2.66. The lowest BCUT2D eigenvalue weighted by Crippen LogP contribution is -2.16. The van der Waals surface area contributed by atoms with E-state index in [9.17, 15) is 9.59 Å². The molecule has 1 N–H and O–H groups in total. The van der Waals surface area contributed by atoms with Crippen molar-refractivity contribution in [1.82, 2.24) is 4.90 Å². The molecule has 156 valence electrons. The number of nitrogens with zero attached hydrogens (tertiary/aromatic N) is 1. The number of unbranched alkanes of at least 4 members (excludes halogenated alkanes) is 2. The van der Waals surface area contributed by atoms with Crippen LogP contribution in [0.25, 0.3) is 0 Å². The van der Waals surface area contributed by atoms with Crippen LogP contribution in [0.4, 0.5) is 5.69 Å². The fourth-order valence-electron chi connectivity index (χ4n) is 3.20. The molecular weight excluding hydrogens is 364 g/mol. The van der Waals surface area contributed by atoms with Gasteiger partial charge in [-0.15, -0.1) is 0 Å². The van der Waals surface area contributed by atoms with E-state index in [1.807, 2.05) is 26.2 Å². The van der Waals surface area contributed by atoms with Crippen LogP contribution in [0.1, 0.15) is 53.6 Å². The second kappa shape index (κ2) is 11.4. The van der Waals surface area contributed by atoms with E-state index in [4.69, 9.17) is 4.74 Å². The summed E-state index contributed by atoms with van der Waals surface area (Å²) in [6.07, 6.45) is 3.38. The van der Waals surface area contributed by atoms with Gasteiger partial charge in [-0.05, 0) is 69.8 Å². The Balaban J connectivity index is 1.72. The molecule has 0 fully saturated rings. The number of carbonyl (C=O) groups is 2. The molecule has 5 heteroatoms. The molecular formula is C24H32N2O3. The highest BCUT2D eigenvalue weighted by molar-refractivity contribution is 5.96. The van der Waals surface area contributed by atoms with Crippen LogP contribution in [0.3, 0.4) is 0 Å². The van der Waals surface area contributed by atoms with Gasteiger partial charge in [-0.1, -0.05) is 24.1 Å². The van der Waals surface area contributed by atoms with E-state index >= 15 is 0 Å². The molecule has 0 saturated carbocycles. The molecule has 0 radical (unpaired) electrons. The first-order valence-electron chi connectivity index (χ1n) is 10.1. The zero-order valence-electron chi connectivity index (χ0n) is 18.0. The van der Waals surface area contributed by atoms with E-state index in [1.54, 1.807) is 31.4 Å². The largest absolute Gasteiger partial charge is 0.497 e. The average molecular weight is 397 g/mol. The lowest BCUT2D eigenvalue weighted by Gasteiger charge is -2.16. The van der Waals surface area contributed by atoms with Gasteiger partial charge in [0.1, 0.15) is 5.75 Å². The number of hydrogen-bond acceptors (Lipinski definition) is 4. The third-order valence-electron chi connectivity index (χ3n) is 4.74. The summed E-state index contributed by atoms with van der Waals surface area (Å²) in [6, 6.07) is 13.3. The van der Waals surface area contributed by atoms with Gasteiger partial charge in [-0.3, -0.25) is 9.59 Å². The lowest BCUT2D eigenvalue weighted by atomic mass is 10.0. The number of Topliss-reactive ketones (excluding diaryl/α,β-unsaturated/α-hetero) is 1. The Bertz CT molecular complexity index is 813. The molecule has 0 heterocycles. The molecule has 29 heavy (non-hydrogen) atoms. The molecule has 0 saturated heterocycles. The predicted molar refractivity (Wildman–Crippen MR) is 118 cm³/mol. The van der Waals surface area contributed by atoms with E-state index in [1.165, 1.54) is 5.56 Å². The Morgan fingerprint density at radius 1 is 0.966 bits per heavy atom. The maximum absolute atomic E-state index is 12.3. The van der Waals surface area contributed by atoms with Crippen molar-refractivity contribution >= 4 is 17.4 Å². The van der Waals surface area contributed by atoms with Crippen LogP contribution in [0.5, 0.6) is 5.75 Å². The number of methoxy groups -OCH3 is 1. The molecule has 0 aliphatic carbocycles. The Morgan fingerprint density at radius 3 is 2.31 bits per heavy atom. The third kappa shape index (κ3) is 7.70. The second-order valence-electron chi connectivity index (χ2n) is 7.66. The first kappa shape index (κ1) is 22.6. The predicted octanol–water partition coefficient (Wildman–Crippen LogP) is 4.84. The number of hydrogen-bond donors (Lipinski definition) is 1. The van der Waals surface area contributed by atoms with Crippen molar-refractivity contribution < 1.29 is 14.3 Å². The summed E-state index contributed by atoms with van der Waals surface area (Å²) in [7, 11) is 5.64. The van der Waals surface area contributed by atoms with E-state index in [0.717, 1.165) is 42.8 Å². The highest BCUT2D eigenvalue weighted by Crippen LogP contribution is 2.20. The number of anilines is 1. The molecule has 0 aliphatic heterocycles. The molecule has 0 bridgehead atoms. The smallest absolute Gasteiger partial charge is 0.224 e. The lowest BCUT2D eigenvalue weighted by molar-refractivity contribution is -0.116. The molecule has 2 aromatic rings. The van der Waals surface area contributed by atoms with E-state index in [2.05, 4.69) is 23.2 Å². The van der Waals surface area contributed by atoms with Crippen LogP contribution in [-0.4, -0.2) is 37.8 Å². The van der Waals surface area contributed by atoms with Gasteiger partial charge in [0.05, 0.1) is 7.11 Å². The molecule has 0 atom stereocenters. The van der Waals surface area contributed by atoms with Crippen LogP contribution < -0.4 is 10.1 Å². The molecule has 0 unspecified atom stereocenters. The van der Waals surface area contributed by atoms with Crippen molar-refractivity contribution in [3.63, 3.8) is 0 Å². The fourth-order valence-corrected chi connectivity index (χ4v) is 3.20. The second-order valence-corrected chi connectivity index (χ2v) is 7.66. The minimum atomic E-state index is 0.0235. The molecule has 2 aromatic carbocycles. The number of benzene rings is 2. The van der Waals surface area contributed by atoms with Crippen molar-refractivity contribution in [2.75, 3.05) is 26.5 Å². The standard InChI is InChI=1S/C24H32N2O3/c1-18-10-15-22(20(16-18)17-26(2)3)25-24(28)9-7-5-6-8-23(27)19-11-13-21(29-4)14-12-19/h10-16H,5-9,17H2,1-4H3,(H,25,28). The summed E-state index contributed by atoms with van der Waals surface area (Å²) in [6.45, 7) is 2.84. The average Bonchev–Trinajstić information content (AvgIpc) is 2.69. The number of ether oxygens (including phenoxy) is 1. The monoisotopic (exact) mass is 396 g/mol. The SMILES string of the molecule is COc1ccc(C(=O)CCCCCC(=O)Nc2ccc(C)cc2CN(C)C)cc1. The van der Waals surface area contributed by atoms with Gasteiger partial charge in [0.2, 0.25) is 5.91 Å². The van der Waals surface area contributed by atoms with Crippen molar-refractivity contribution in [2.45, 2.75) is 45.6 Å². The summed E-state index contributed by atoms with van der Waals surface area (Å²) in [5.41, 5.74) is 3.88. The normalized spacial score (nSPS) is 10.8. The van der Waals surface area contributed by atoms with Crippen molar-refractivity contribution in [3.05, 3.63) is 59.2 Å². The van der Waals surface area contributed by atoms with E-state index in [0.29, 0.717) is 18.4 Å². The number of carbonyl (C=O) groups excluding carboxylic acids is 2. The third-order valence-corrected chi connectivity index (χ3v) is 4.74. The summed E-state index contributed by atoms with van der Waals surface area (Å²) in [5, 5.41) is 3.04. The highest BCUT2D eigenvalue weighted by Gasteiger charge is 2.09. The van der Waals surface area contributed by atoms with Gasteiger partial charge in [0, 0.05) is 30.6 Å². The quantitative estimate of drug-likeness (QED) is 0.436. The topological polar surface area (TPSA) is 58.6 Å². The molecule has 5 nitrogen and oxygen atoms in total. The van der Waals surface area contributed by atoms with Crippen LogP contribution in [-0.2, 0) is 11.3 Å². The molecule has 0 spiro atoms. The van der Waals surface area contributed by atoms with E-state index in [-0.39, 0.29) is 11.7 Å². The number of amides is 1. The van der Waals surface area contributed by atoms with Crippen LogP contribution in [0.15, 0.2) is 42.5 Å². The van der Waals surface area contributed by atoms with Gasteiger partial charge in [-0.25, -0.2) is 0 Å². The minimum Gasteiger partial charge on any atom is -0.497 e. The van der Waals surface area contributed by atoms with Crippen molar-refractivity contribution in [2.24, 2.45) is 0 Å². The van der Waals surface area contributed by atoms with Crippen molar-refractivity contribution in [3.8, 4) is 5.75 Å². The molecule has 1 amide bonds. The fraction of sp³-hybridized carbons (Fsp3) is 0.417. The molecule has 0 aromatic heterocycles. The van der Waals surface area contributed by atoms with Crippen LogP contribution >= 0.6 is 0 Å². The summed E-state index contributed by atoms with van der Waals surface area (Å²) >= 11 is 0.